The van der Waals surface area contributed by atoms with Gasteiger partial charge >= 0.3 is 5.97 Å². The van der Waals surface area contributed by atoms with E-state index in [-0.39, 0.29) is 24.2 Å². The van der Waals surface area contributed by atoms with Crippen LogP contribution < -0.4 is 14.2 Å². The third kappa shape index (κ3) is 3.70. The first kappa shape index (κ1) is 17.6. The number of aromatic carboxylic acids is 1. The summed E-state index contributed by atoms with van der Waals surface area (Å²) in [5.41, 5.74) is 0.917. The van der Waals surface area contributed by atoms with E-state index in [0.717, 1.165) is 23.7 Å². The normalized spacial score (nSPS) is 23.2. The second-order valence-corrected chi connectivity index (χ2v) is 7.27. The lowest BCUT2D eigenvalue weighted by Crippen LogP contribution is -2.23. The summed E-state index contributed by atoms with van der Waals surface area (Å²) in [6.45, 7) is 0.203. The van der Waals surface area contributed by atoms with Crippen LogP contribution >= 0.6 is 0 Å². The smallest absolute Gasteiger partial charge is 0.341 e. The van der Waals surface area contributed by atoms with E-state index in [4.69, 9.17) is 14.2 Å². The molecule has 1 aromatic heterocycles. The zero-order valence-corrected chi connectivity index (χ0v) is 15.3. The Morgan fingerprint density at radius 3 is 2.81 bits per heavy atom. The monoisotopic (exact) mass is 369 g/mol. The first-order valence-electron chi connectivity index (χ1n) is 9.28. The minimum atomic E-state index is -1.06. The molecule has 0 amide bonds. The van der Waals surface area contributed by atoms with Crippen LogP contribution in [0.4, 0.5) is 0 Å². The van der Waals surface area contributed by atoms with Crippen molar-refractivity contribution in [1.29, 1.82) is 0 Å². The molecule has 2 aliphatic rings. The number of methoxy groups -OCH3 is 1. The first-order chi connectivity index (χ1) is 13.1. The fourth-order valence-electron chi connectivity index (χ4n) is 4.22. The van der Waals surface area contributed by atoms with E-state index in [1.165, 1.54) is 31.5 Å². The average Bonchev–Trinajstić information content (AvgIpc) is 3.30. The standard InChI is InChI=1S/C21H23NO5/c1-25-17-7-5-14(12-26-20-16(21(23)24)3-2-8-22-20)11-19(17)27-18-10-13-4-6-15(18)9-13/h2-3,5,7-8,11,13,15,18H,4,6,9-10,12H2,1H3,(H,23,24). The Hall–Kier alpha value is -2.76. The SMILES string of the molecule is COc1ccc(COc2ncccc2C(=O)O)cc1OC1CC2CCC1C2. The highest BCUT2D eigenvalue weighted by atomic mass is 16.5. The Bertz CT molecular complexity index is 837. The highest BCUT2D eigenvalue weighted by Gasteiger charge is 2.41. The van der Waals surface area contributed by atoms with Crippen LogP contribution in [0.3, 0.4) is 0 Å². The molecule has 1 heterocycles. The zero-order valence-electron chi connectivity index (χ0n) is 15.3. The molecule has 0 saturated heterocycles. The number of carboxylic acid groups (broad SMARTS) is 1. The topological polar surface area (TPSA) is 77.9 Å². The number of ether oxygens (including phenoxy) is 3. The molecular weight excluding hydrogens is 346 g/mol. The summed E-state index contributed by atoms with van der Waals surface area (Å²) < 4.78 is 17.4. The Balaban J connectivity index is 1.48. The van der Waals surface area contributed by atoms with Gasteiger partial charge in [0.05, 0.1) is 7.11 Å². The minimum Gasteiger partial charge on any atom is -0.493 e. The van der Waals surface area contributed by atoms with E-state index in [1.807, 2.05) is 18.2 Å². The molecule has 4 rings (SSSR count). The van der Waals surface area contributed by atoms with Gasteiger partial charge in [0.1, 0.15) is 18.3 Å². The fraction of sp³-hybridized carbons (Fsp3) is 0.429. The molecule has 3 atom stereocenters. The zero-order chi connectivity index (χ0) is 18.8. The second kappa shape index (κ2) is 7.47. The number of fused-ring (bicyclic) bond motifs is 2. The van der Waals surface area contributed by atoms with Gasteiger partial charge in [-0.3, -0.25) is 0 Å². The predicted octanol–water partition coefficient (Wildman–Crippen LogP) is 3.93. The maximum atomic E-state index is 11.3. The second-order valence-electron chi connectivity index (χ2n) is 7.27. The van der Waals surface area contributed by atoms with Gasteiger partial charge in [-0.1, -0.05) is 6.07 Å². The summed E-state index contributed by atoms with van der Waals surface area (Å²) in [4.78, 5) is 15.3. The number of hydrogen-bond acceptors (Lipinski definition) is 5. The number of rotatable bonds is 7. The molecule has 2 bridgehead atoms. The van der Waals surface area contributed by atoms with Crippen molar-refractivity contribution in [3.05, 3.63) is 47.7 Å². The largest absolute Gasteiger partial charge is 0.493 e. The molecule has 2 saturated carbocycles. The van der Waals surface area contributed by atoms with Crippen LogP contribution in [0.1, 0.15) is 41.6 Å². The van der Waals surface area contributed by atoms with E-state index in [1.54, 1.807) is 13.2 Å². The Labute approximate surface area is 158 Å². The molecule has 0 radical (unpaired) electrons. The maximum Gasteiger partial charge on any atom is 0.341 e. The van der Waals surface area contributed by atoms with Gasteiger partial charge in [0.15, 0.2) is 11.5 Å². The van der Waals surface area contributed by atoms with Crippen LogP contribution in [0.2, 0.25) is 0 Å². The van der Waals surface area contributed by atoms with E-state index >= 15 is 0 Å². The van der Waals surface area contributed by atoms with Crippen molar-refractivity contribution in [3.8, 4) is 17.4 Å². The molecule has 6 heteroatoms. The van der Waals surface area contributed by atoms with Crippen molar-refractivity contribution in [3.63, 3.8) is 0 Å². The molecule has 1 N–H and O–H groups in total. The lowest BCUT2D eigenvalue weighted by molar-refractivity contribution is 0.0690. The maximum absolute atomic E-state index is 11.3. The molecule has 2 fully saturated rings. The molecule has 0 aliphatic heterocycles. The van der Waals surface area contributed by atoms with Gasteiger partial charge in [-0.25, -0.2) is 9.78 Å². The predicted molar refractivity (Wildman–Crippen MR) is 98.4 cm³/mol. The average molecular weight is 369 g/mol. The van der Waals surface area contributed by atoms with Gasteiger partial charge in [-0.15, -0.1) is 0 Å². The number of nitrogens with zero attached hydrogens (tertiary/aromatic N) is 1. The minimum absolute atomic E-state index is 0.0458. The van der Waals surface area contributed by atoms with Crippen molar-refractivity contribution in [2.75, 3.05) is 7.11 Å². The third-order valence-electron chi connectivity index (χ3n) is 5.56. The molecule has 6 nitrogen and oxygen atoms in total. The third-order valence-corrected chi connectivity index (χ3v) is 5.56. The van der Waals surface area contributed by atoms with Crippen LogP contribution in [0.25, 0.3) is 0 Å². The summed E-state index contributed by atoms with van der Waals surface area (Å²) in [5.74, 6) is 1.91. The quantitative estimate of drug-likeness (QED) is 0.797. The van der Waals surface area contributed by atoms with Gasteiger partial charge in [0.25, 0.3) is 0 Å². The summed E-state index contributed by atoms with van der Waals surface area (Å²) >= 11 is 0. The van der Waals surface area contributed by atoms with E-state index < -0.39 is 5.97 Å². The van der Waals surface area contributed by atoms with Crippen LogP contribution in [0, 0.1) is 11.8 Å². The molecule has 2 aromatic rings. The number of pyridine rings is 1. The van der Waals surface area contributed by atoms with Crippen LogP contribution in [0.5, 0.6) is 17.4 Å². The van der Waals surface area contributed by atoms with Gasteiger partial charge < -0.3 is 19.3 Å². The fourth-order valence-corrected chi connectivity index (χ4v) is 4.22. The van der Waals surface area contributed by atoms with Crippen molar-refractivity contribution in [1.82, 2.24) is 4.98 Å². The highest BCUT2D eigenvalue weighted by molar-refractivity contribution is 5.90. The number of carbonyl (C=O) groups is 1. The summed E-state index contributed by atoms with van der Waals surface area (Å²) in [6.07, 6.45) is 6.73. The van der Waals surface area contributed by atoms with Gasteiger partial charge in [0, 0.05) is 6.20 Å². The number of benzene rings is 1. The van der Waals surface area contributed by atoms with Gasteiger partial charge in [-0.05, 0) is 67.3 Å². The molecule has 3 unspecified atom stereocenters. The summed E-state index contributed by atoms with van der Waals surface area (Å²) in [6, 6.07) is 8.70. The van der Waals surface area contributed by atoms with E-state index in [9.17, 15) is 9.90 Å². The van der Waals surface area contributed by atoms with Crippen LogP contribution in [-0.4, -0.2) is 29.3 Å². The Morgan fingerprint density at radius 2 is 2.11 bits per heavy atom. The first-order valence-corrected chi connectivity index (χ1v) is 9.28. The van der Waals surface area contributed by atoms with Crippen LogP contribution in [-0.2, 0) is 6.61 Å². The molecule has 0 spiro atoms. The van der Waals surface area contributed by atoms with Crippen molar-refractivity contribution in [2.45, 2.75) is 38.4 Å². The van der Waals surface area contributed by atoms with Crippen LogP contribution in [0.15, 0.2) is 36.5 Å². The Kier molecular flexibility index (Phi) is 4.88. The summed E-state index contributed by atoms with van der Waals surface area (Å²) in [5, 5.41) is 9.23. The summed E-state index contributed by atoms with van der Waals surface area (Å²) in [7, 11) is 1.63. The number of hydrogen-bond donors (Lipinski definition) is 1. The lowest BCUT2D eigenvalue weighted by atomic mass is 9.97. The lowest BCUT2D eigenvalue weighted by Gasteiger charge is -2.24. The molecule has 142 valence electrons. The highest BCUT2D eigenvalue weighted by Crippen LogP contribution is 2.46. The molecule has 2 aliphatic carbocycles. The van der Waals surface area contributed by atoms with Crippen molar-refractivity contribution < 1.29 is 24.1 Å². The Morgan fingerprint density at radius 1 is 1.22 bits per heavy atom. The van der Waals surface area contributed by atoms with E-state index in [2.05, 4.69) is 4.98 Å². The molecule has 1 aromatic carbocycles. The molecule has 27 heavy (non-hydrogen) atoms. The van der Waals surface area contributed by atoms with Gasteiger partial charge in [0.2, 0.25) is 5.88 Å². The van der Waals surface area contributed by atoms with E-state index in [0.29, 0.717) is 11.7 Å². The van der Waals surface area contributed by atoms with Gasteiger partial charge in [-0.2, -0.15) is 0 Å². The van der Waals surface area contributed by atoms with Crippen molar-refractivity contribution >= 4 is 5.97 Å². The van der Waals surface area contributed by atoms with Crippen molar-refractivity contribution in [2.24, 2.45) is 11.8 Å². The number of aromatic nitrogens is 1. The number of carboxylic acids is 1. The molecular formula is C21H23NO5.